The van der Waals surface area contributed by atoms with Crippen LogP contribution in [0, 0.1) is 17.8 Å². The predicted octanol–water partition coefficient (Wildman–Crippen LogP) is 1.93. The Bertz CT molecular complexity index is 272. The maximum absolute atomic E-state index is 11.8. The van der Waals surface area contributed by atoms with Crippen LogP contribution in [-0.4, -0.2) is 42.6 Å². The van der Waals surface area contributed by atoms with Gasteiger partial charge in [-0.2, -0.15) is 0 Å². The van der Waals surface area contributed by atoms with E-state index in [0.717, 1.165) is 0 Å². The lowest BCUT2D eigenvalue weighted by atomic mass is 9.87. The first-order chi connectivity index (χ1) is 8.66. The number of ether oxygens (including phenoxy) is 2. The quantitative estimate of drug-likeness (QED) is 0.218. The van der Waals surface area contributed by atoms with Gasteiger partial charge in [-0.25, -0.2) is 0 Å². The molecular weight excluding hydrogens is 272 g/mol. The molecule has 0 aliphatic heterocycles. The lowest BCUT2D eigenvalue weighted by molar-refractivity contribution is -0.162. The van der Waals surface area contributed by atoms with Gasteiger partial charge in [-0.15, -0.1) is 6.42 Å². The van der Waals surface area contributed by atoms with Crippen LogP contribution in [-0.2, 0) is 14.3 Å². The molecular formula is C12H20O4S2. The lowest BCUT2D eigenvalue weighted by Gasteiger charge is -2.27. The van der Waals surface area contributed by atoms with Crippen LogP contribution in [0.2, 0.25) is 0 Å². The number of aliphatic hydroxyl groups excluding tert-OH is 1. The fraction of sp³-hybridized carbons (Fsp3) is 0.750. The largest absolute Gasteiger partial charge is 0.465 e. The lowest BCUT2D eigenvalue weighted by Crippen LogP contribution is -2.40. The summed E-state index contributed by atoms with van der Waals surface area (Å²) in [5.41, 5.74) is -0.951. The number of carbonyl (C=O) groups is 1. The van der Waals surface area contributed by atoms with Crippen molar-refractivity contribution in [2.45, 2.75) is 20.3 Å². The Balaban J connectivity index is 4.11. The molecule has 4 nitrogen and oxygen atoms in total. The Morgan fingerprint density at radius 2 is 2.17 bits per heavy atom. The molecule has 0 fully saturated rings. The number of terminal acetylenes is 1. The zero-order valence-electron chi connectivity index (χ0n) is 10.8. The van der Waals surface area contributed by atoms with Crippen LogP contribution < -0.4 is 0 Å². The van der Waals surface area contributed by atoms with Crippen molar-refractivity contribution in [1.82, 2.24) is 0 Å². The van der Waals surface area contributed by atoms with E-state index in [0.29, 0.717) is 24.7 Å². The van der Waals surface area contributed by atoms with E-state index >= 15 is 0 Å². The van der Waals surface area contributed by atoms with Gasteiger partial charge in [0.15, 0.2) is 0 Å². The summed E-state index contributed by atoms with van der Waals surface area (Å²) in [6.07, 6.45) is 5.59. The molecule has 0 bridgehead atoms. The highest BCUT2D eigenvalue weighted by Crippen LogP contribution is 2.26. The minimum Gasteiger partial charge on any atom is -0.465 e. The summed E-state index contributed by atoms with van der Waals surface area (Å²) < 4.78 is 10.4. The van der Waals surface area contributed by atoms with Crippen molar-refractivity contribution < 1.29 is 19.4 Å². The van der Waals surface area contributed by atoms with E-state index in [9.17, 15) is 9.90 Å². The smallest absolute Gasteiger partial charge is 0.316 e. The predicted molar refractivity (Wildman–Crippen MR) is 76.1 cm³/mol. The Morgan fingerprint density at radius 3 is 2.67 bits per heavy atom. The average molecular weight is 292 g/mol. The van der Waals surface area contributed by atoms with Crippen molar-refractivity contribution >= 4 is 27.6 Å². The number of carbonyl (C=O) groups excluding carboxylic acids is 1. The van der Waals surface area contributed by atoms with Gasteiger partial charge in [-0.3, -0.25) is 4.79 Å². The summed E-state index contributed by atoms with van der Waals surface area (Å²) in [5, 5.41) is 9.39. The number of hydrogen-bond acceptors (Lipinski definition) is 6. The second-order valence-corrected chi connectivity index (χ2v) is 5.97. The van der Waals surface area contributed by atoms with Gasteiger partial charge in [0.2, 0.25) is 0 Å². The minimum atomic E-state index is -0.951. The summed E-state index contributed by atoms with van der Waals surface area (Å²) >= 11 is 0. The van der Waals surface area contributed by atoms with E-state index in [1.807, 2.05) is 6.92 Å². The van der Waals surface area contributed by atoms with Crippen molar-refractivity contribution in [3.63, 3.8) is 0 Å². The van der Waals surface area contributed by atoms with Crippen LogP contribution in [0.15, 0.2) is 0 Å². The highest BCUT2D eigenvalue weighted by atomic mass is 33.1. The number of rotatable bonds is 10. The first-order valence-electron chi connectivity index (χ1n) is 5.70. The highest BCUT2D eigenvalue weighted by molar-refractivity contribution is 8.76. The van der Waals surface area contributed by atoms with Crippen molar-refractivity contribution in [1.29, 1.82) is 0 Å². The van der Waals surface area contributed by atoms with E-state index < -0.39 is 11.4 Å². The van der Waals surface area contributed by atoms with Gasteiger partial charge in [-0.1, -0.05) is 34.4 Å². The molecule has 0 saturated heterocycles. The number of hydrogen-bond donors (Lipinski definition) is 1. The van der Waals surface area contributed by atoms with Crippen LogP contribution in [0.5, 0.6) is 0 Å². The van der Waals surface area contributed by atoms with Gasteiger partial charge in [-0.05, 0) is 13.3 Å². The standard InChI is InChI=1S/C12H20O4S2/c1-4-7-17-18-10-15-9-12(5-2,8-13)11(14)16-6-3/h1,13H,5-10H2,2-3H3. The highest BCUT2D eigenvalue weighted by Gasteiger charge is 2.38. The molecule has 6 heteroatoms. The van der Waals surface area contributed by atoms with Crippen LogP contribution in [0.1, 0.15) is 20.3 Å². The van der Waals surface area contributed by atoms with E-state index in [2.05, 4.69) is 5.92 Å². The molecule has 0 radical (unpaired) electrons. The Labute approximate surface area is 117 Å². The SMILES string of the molecule is C#CCSSCOCC(CC)(CO)C(=O)OCC. The molecule has 1 atom stereocenters. The molecule has 0 rings (SSSR count). The molecule has 0 aromatic carbocycles. The molecule has 104 valence electrons. The fourth-order valence-electron chi connectivity index (χ4n) is 1.19. The van der Waals surface area contributed by atoms with E-state index in [1.165, 1.54) is 21.6 Å². The van der Waals surface area contributed by atoms with Gasteiger partial charge < -0.3 is 14.6 Å². The summed E-state index contributed by atoms with van der Waals surface area (Å²) in [4.78, 5) is 11.8. The molecule has 0 spiro atoms. The van der Waals surface area contributed by atoms with Gasteiger partial charge in [0, 0.05) is 0 Å². The zero-order valence-corrected chi connectivity index (χ0v) is 12.4. The molecule has 0 saturated carbocycles. The van der Waals surface area contributed by atoms with Crippen LogP contribution in [0.25, 0.3) is 0 Å². The Hall–Kier alpha value is -0.350. The first-order valence-corrected chi connectivity index (χ1v) is 8.19. The molecule has 0 aromatic heterocycles. The second kappa shape index (κ2) is 10.6. The van der Waals surface area contributed by atoms with Crippen molar-refractivity contribution in [3.8, 4) is 12.3 Å². The molecule has 1 N–H and O–H groups in total. The molecule has 0 amide bonds. The normalized spacial score (nSPS) is 13.7. The number of aliphatic hydroxyl groups is 1. The van der Waals surface area contributed by atoms with Gasteiger partial charge in [0.05, 0.1) is 25.6 Å². The van der Waals surface area contributed by atoms with Crippen molar-refractivity contribution in [2.75, 3.05) is 31.5 Å². The Kier molecular flexibility index (Phi) is 10.4. The van der Waals surface area contributed by atoms with Crippen LogP contribution >= 0.6 is 21.6 Å². The maximum atomic E-state index is 11.8. The summed E-state index contributed by atoms with van der Waals surface area (Å²) in [6, 6.07) is 0. The average Bonchev–Trinajstić information content (AvgIpc) is 2.39. The Morgan fingerprint density at radius 1 is 1.44 bits per heavy atom. The van der Waals surface area contributed by atoms with Crippen molar-refractivity contribution in [2.24, 2.45) is 5.41 Å². The zero-order chi connectivity index (χ0) is 13.9. The van der Waals surface area contributed by atoms with Crippen LogP contribution in [0.4, 0.5) is 0 Å². The summed E-state index contributed by atoms with van der Waals surface area (Å²) in [5.74, 6) is 3.14. The van der Waals surface area contributed by atoms with Crippen molar-refractivity contribution in [3.05, 3.63) is 0 Å². The molecule has 18 heavy (non-hydrogen) atoms. The molecule has 0 aliphatic carbocycles. The monoisotopic (exact) mass is 292 g/mol. The third kappa shape index (κ3) is 6.01. The summed E-state index contributed by atoms with van der Waals surface area (Å²) in [6.45, 7) is 3.75. The summed E-state index contributed by atoms with van der Waals surface area (Å²) in [7, 11) is 3.00. The van der Waals surface area contributed by atoms with E-state index in [-0.39, 0.29) is 13.2 Å². The molecule has 1 unspecified atom stereocenters. The third-order valence-electron chi connectivity index (χ3n) is 2.42. The topological polar surface area (TPSA) is 55.8 Å². The second-order valence-electron chi connectivity index (χ2n) is 3.56. The van der Waals surface area contributed by atoms with Gasteiger partial charge in [0.1, 0.15) is 11.4 Å². The van der Waals surface area contributed by atoms with E-state index in [1.54, 1.807) is 6.92 Å². The van der Waals surface area contributed by atoms with E-state index in [4.69, 9.17) is 15.9 Å². The molecule has 0 aromatic rings. The van der Waals surface area contributed by atoms with Gasteiger partial charge >= 0.3 is 5.97 Å². The number of esters is 1. The first kappa shape index (κ1) is 17.6. The fourth-order valence-corrected chi connectivity index (χ4v) is 2.43. The maximum Gasteiger partial charge on any atom is 0.316 e. The minimum absolute atomic E-state index is 0.155. The molecule has 0 heterocycles. The molecule has 0 aliphatic rings. The van der Waals surface area contributed by atoms with Crippen LogP contribution in [0.3, 0.4) is 0 Å². The van der Waals surface area contributed by atoms with Gasteiger partial charge in [0.25, 0.3) is 0 Å². The third-order valence-corrected chi connectivity index (χ3v) is 4.28.